The van der Waals surface area contributed by atoms with E-state index in [9.17, 15) is 9.59 Å². The molecule has 21 heavy (non-hydrogen) atoms. The lowest BCUT2D eigenvalue weighted by molar-refractivity contribution is -0.154. The van der Waals surface area contributed by atoms with Crippen molar-refractivity contribution in [2.45, 2.75) is 65.8 Å². The van der Waals surface area contributed by atoms with Crippen molar-refractivity contribution in [2.75, 3.05) is 13.2 Å². The molecule has 0 radical (unpaired) electrons. The monoisotopic (exact) mass is 297 g/mol. The summed E-state index contributed by atoms with van der Waals surface area (Å²) in [6.07, 6.45) is 6.44. The molecule has 2 atom stereocenters. The number of nitrogens with zero attached hydrogens (tertiary/aromatic N) is 1. The number of carbonyl (C=O) groups excluding carboxylic acids is 2. The van der Waals surface area contributed by atoms with Crippen LogP contribution in [-0.4, -0.2) is 36.0 Å². The van der Waals surface area contributed by atoms with Crippen LogP contribution in [0.15, 0.2) is 12.7 Å². The lowest BCUT2D eigenvalue weighted by atomic mass is 10.0. The number of carbonyl (C=O) groups is 2. The molecule has 0 N–H and O–H groups in total. The molecule has 0 aliphatic rings. The van der Waals surface area contributed by atoms with Crippen LogP contribution >= 0.6 is 0 Å². The molecule has 0 aromatic carbocycles. The highest BCUT2D eigenvalue weighted by Gasteiger charge is 2.25. The topological polar surface area (TPSA) is 46.6 Å². The van der Waals surface area contributed by atoms with Crippen LogP contribution in [0.1, 0.15) is 59.8 Å². The molecule has 0 aromatic rings. The van der Waals surface area contributed by atoms with Crippen molar-refractivity contribution < 1.29 is 14.3 Å². The predicted octanol–water partition coefficient (Wildman–Crippen LogP) is 3.56. The fraction of sp³-hybridized carbons (Fsp3) is 0.765. The zero-order chi connectivity index (χ0) is 16.3. The Labute approximate surface area is 129 Å². The standard InChI is InChI=1S/C17H31NO3/c1-6-10-11-15(8-3)13-21-17(20)14(5)18(12-7-2)16(19)9-4/h9,14-15H,4,6-8,10-13H2,1-3,5H3. The van der Waals surface area contributed by atoms with Crippen molar-refractivity contribution in [2.24, 2.45) is 5.92 Å². The maximum absolute atomic E-state index is 12.1. The molecule has 4 nitrogen and oxygen atoms in total. The Kier molecular flexibility index (Phi) is 10.6. The van der Waals surface area contributed by atoms with E-state index in [1.54, 1.807) is 6.92 Å². The van der Waals surface area contributed by atoms with E-state index in [0.29, 0.717) is 19.1 Å². The normalized spacial score (nSPS) is 13.3. The number of amides is 1. The average Bonchev–Trinajstić information content (AvgIpc) is 2.51. The van der Waals surface area contributed by atoms with E-state index in [-0.39, 0.29) is 11.9 Å². The highest BCUT2D eigenvalue weighted by molar-refractivity contribution is 5.91. The highest BCUT2D eigenvalue weighted by Crippen LogP contribution is 2.14. The van der Waals surface area contributed by atoms with Gasteiger partial charge in [0.25, 0.3) is 0 Å². The molecule has 0 heterocycles. The van der Waals surface area contributed by atoms with Gasteiger partial charge in [-0.2, -0.15) is 0 Å². The van der Waals surface area contributed by atoms with Gasteiger partial charge in [-0.1, -0.05) is 46.6 Å². The molecule has 4 heteroatoms. The summed E-state index contributed by atoms with van der Waals surface area (Å²) in [5.74, 6) is -0.135. The van der Waals surface area contributed by atoms with Crippen molar-refractivity contribution in [3.05, 3.63) is 12.7 Å². The van der Waals surface area contributed by atoms with Gasteiger partial charge >= 0.3 is 5.97 Å². The Hall–Kier alpha value is -1.32. The Morgan fingerprint density at radius 2 is 1.90 bits per heavy atom. The quantitative estimate of drug-likeness (QED) is 0.433. The second-order valence-electron chi connectivity index (χ2n) is 5.46. The lowest BCUT2D eigenvalue weighted by Gasteiger charge is -2.27. The molecular formula is C17H31NO3. The lowest BCUT2D eigenvalue weighted by Crippen LogP contribution is -2.44. The third-order valence-electron chi connectivity index (χ3n) is 3.74. The van der Waals surface area contributed by atoms with Crippen molar-refractivity contribution in [3.8, 4) is 0 Å². The van der Waals surface area contributed by atoms with Gasteiger partial charge in [0.05, 0.1) is 6.61 Å². The molecule has 0 bridgehead atoms. The van der Waals surface area contributed by atoms with Gasteiger partial charge in [-0.15, -0.1) is 0 Å². The zero-order valence-corrected chi connectivity index (χ0v) is 14.1. The number of esters is 1. The summed E-state index contributed by atoms with van der Waals surface area (Å²) in [6.45, 7) is 12.4. The molecule has 0 saturated heterocycles. The minimum absolute atomic E-state index is 0.223. The fourth-order valence-electron chi connectivity index (χ4n) is 2.20. The summed E-state index contributed by atoms with van der Waals surface area (Å²) in [5, 5.41) is 0. The Morgan fingerprint density at radius 3 is 2.38 bits per heavy atom. The van der Waals surface area contributed by atoms with E-state index in [1.807, 2.05) is 6.92 Å². The van der Waals surface area contributed by atoms with Gasteiger partial charge in [0.1, 0.15) is 6.04 Å². The molecule has 0 spiro atoms. The maximum atomic E-state index is 12.1. The molecule has 1 amide bonds. The number of hydrogen-bond acceptors (Lipinski definition) is 3. The SMILES string of the molecule is C=CC(=O)N(CCC)C(C)C(=O)OCC(CC)CCCC. The molecule has 0 aromatic heterocycles. The summed E-state index contributed by atoms with van der Waals surface area (Å²) in [4.78, 5) is 25.4. The van der Waals surface area contributed by atoms with Crippen molar-refractivity contribution in [1.29, 1.82) is 0 Å². The maximum Gasteiger partial charge on any atom is 0.328 e. The largest absolute Gasteiger partial charge is 0.464 e. The van der Waals surface area contributed by atoms with Crippen LogP contribution in [0, 0.1) is 5.92 Å². The molecular weight excluding hydrogens is 266 g/mol. The third-order valence-corrected chi connectivity index (χ3v) is 3.74. The summed E-state index contributed by atoms with van der Waals surface area (Å²) in [5.41, 5.74) is 0. The van der Waals surface area contributed by atoms with Gasteiger partial charge in [0, 0.05) is 6.54 Å². The van der Waals surface area contributed by atoms with Crippen LogP contribution in [0.4, 0.5) is 0 Å². The van der Waals surface area contributed by atoms with E-state index < -0.39 is 6.04 Å². The number of ether oxygens (including phenoxy) is 1. The summed E-state index contributed by atoms with van der Waals surface area (Å²) >= 11 is 0. The van der Waals surface area contributed by atoms with E-state index in [1.165, 1.54) is 11.0 Å². The van der Waals surface area contributed by atoms with Crippen molar-refractivity contribution in [3.63, 3.8) is 0 Å². The van der Waals surface area contributed by atoms with E-state index in [4.69, 9.17) is 4.74 Å². The van der Waals surface area contributed by atoms with Gasteiger partial charge in [-0.05, 0) is 31.8 Å². The first kappa shape index (κ1) is 19.7. The first-order chi connectivity index (χ1) is 10.0. The van der Waals surface area contributed by atoms with Crippen LogP contribution in [0.25, 0.3) is 0 Å². The zero-order valence-electron chi connectivity index (χ0n) is 14.1. The minimum Gasteiger partial charge on any atom is -0.464 e. The molecule has 0 fully saturated rings. The second-order valence-corrected chi connectivity index (χ2v) is 5.46. The van der Waals surface area contributed by atoms with Gasteiger partial charge in [-0.3, -0.25) is 4.79 Å². The van der Waals surface area contributed by atoms with Crippen LogP contribution in [0.5, 0.6) is 0 Å². The van der Waals surface area contributed by atoms with Crippen LogP contribution in [-0.2, 0) is 14.3 Å². The van der Waals surface area contributed by atoms with Crippen molar-refractivity contribution in [1.82, 2.24) is 4.90 Å². The first-order valence-electron chi connectivity index (χ1n) is 8.11. The smallest absolute Gasteiger partial charge is 0.328 e. The average molecular weight is 297 g/mol. The molecule has 0 rings (SSSR count). The molecule has 0 aliphatic heterocycles. The molecule has 0 saturated carbocycles. The Bertz CT molecular complexity index is 328. The summed E-state index contributed by atoms with van der Waals surface area (Å²) in [7, 11) is 0. The van der Waals surface area contributed by atoms with Gasteiger partial charge in [-0.25, -0.2) is 4.79 Å². The number of rotatable bonds is 11. The van der Waals surface area contributed by atoms with E-state index in [2.05, 4.69) is 20.4 Å². The van der Waals surface area contributed by atoms with Gasteiger partial charge in [0.2, 0.25) is 5.91 Å². The molecule has 2 unspecified atom stereocenters. The summed E-state index contributed by atoms with van der Waals surface area (Å²) in [6, 6.07) is -0.556. The van der Waals surface area contributed by atoms with Gasteiger partial charge in [0.15, 0.2) is 0 Å². The first-order valence-corrected chi connectivity index (χ1v) is 8.11. The predicted molar refractivity (Wildman–Crippen MR) is 85.9 cm³/mol. The van der Waals surface area contributed by atoms with Gasteiger partial charge < -0.3 is 9.64 Å². The Balaban J connectivity index is 4.46. The fourth-order valence-corrected chi connectivity index (χ4v) is 2.20. The third kappa shape index (κ3) is 7.30. The molecule has 0 aliphatic carbocycles. The van der Waals surface area contributed by atoms with Crippen molar-refractivity contribution >= 4 is 11.9 Å². The number of unbranched alkanes of at least 4 members (excludes halogenated alkanes) is 1. The second kappa shape index (κ2) is 11.4. The number of hydrogen-bond donors (Lipinski definition) is 0. The minimum atomic E-state index is -0.556. The van der Waals surface area contributed by atoms with Crippen LogP contribution in [0.3, 0.4) is 0 Å². The van der Waals surface area contributed by atoms with E-state index >= 15 is 0 Å². The van der Waals surface area contributed by atoms with Crippen LogP contribution in [0.2, 0.25) is 0 Å². The summed E-state index contributed by atoms with van der Waals surface area (Å²) < 4.78 is 5.41. The Morgan fingerprint density at radius 1 is 1.24 bits per heavy atom. The highest BCUT2D eigenvalue weighted by atomic mass is 16.5. The van der Waals surface area contributed by atoms with E-state index in [0.717, 1.165) is 32.1 Å². The van der Waals surface area contributed by atoms with Crippen LogP contribution < -0.4 is 0 Å². The molecule has 122 valence electrons.